The van der Waals surface area contributed by atoms with Crippen LogP contribution in [-0.4, -0.2) is 12.1 Å². The van der Waals surface area contributed by atoms with Crippen molar-refractivity contribution >= 4 is 23.7 Å². The van der Waals surface area contributed by atoms with Gasteiger partial charge in [0.2, 0.25) is 0 Å². The zero-order valence-electron chi connectivity index (χ0n) is 17.4. The zero-order valence-corrected chi connectivity index (χ0v) is 18.1. The van der Waals surface area contributed by atoms with Crippen LogP contribution in [0.2, 0.25) is 5.02 Å². The van der Waals surface area contributed by atoms with Gasteiger partial charge in [0.25, 0.3) is 5.91 Å². The van der Waals surface area contributed by atoms with Crippen LogP contribution in [0.4, 0.5) is 0 Å². The zero-order chi connectivity index (χ0) is 21.6. The van der Waals surface area contributed by atoms with Gasteiger partial charge in [0.05, 0.1) is 6.21 Å². The summed E-state index contributed by atoms with van der Waals surface area (Å²) in [6, 6.07) is 22.6. The van der Waals surface area contributed by atoms with Crippen molar-refractivity contribution in [2.24, 2.45) is 5.10 Å². The van der Waals surface area contributed by atoms with Gasteiger partial charge in [-0.1, -0.05) is 56.6 Å². The van der Waals surface area contributed by atoms with E-state index < -0.39 is 0 Å². The smallest absolute Gasteiger partial charge is 0.271 e. The third-order valence-electron chi connectivity index (χ3n) is 4.57. The highest BCUT2D eigenvalue weighted by Gasteiger charge is 2.14. The molecule has 0 bridgehead atoms. The molecule has 0 spiro atoms. The molecule has 0 radical (unpaired) electrons. The summed E-state index contributed by atoms with van der Waals surface area (Å²) in [7, 11) is 0. The van der Waals surface area contributed by atoms with Gasteiger partial charge in [0, 0.05) is 10.6 Å². The number of amides is 1. The number of hydrazone groups is 1. The van der Waals surface area contributed by atoms with Gasteiger partial charge in [-0.3, -0.25) is 4.79 Å². The van der Waals surface area contributed by atoms with E-state index in [1.165, 1.54) is 5.56 Å². The SMILES string of the molecule is CC(C)(C)c1ccc(C(=O)N/N=C\c2ccc(OCc3cccc(Cl)c3)cc2)cc1. The van der Waals surface area contributed by atoms with Crippen molar-refractivity contribution in [2.45, 2.75) is 32.8 Å². The Morgan fingerprint density at radius 3 is 2.37 bits per heavy atom. The Bertz CT molecular complexity index is 1020. The molecular formula is C25H25ClN2O2. The molecule has 5 heteroatoms. The third-order valence-corrected chi connectivity index (χ3v) is 4.80. The molecule has 0 heterocycles. The summed E-state index contributed by atoms with van der Waals surface area (Å²) in [6.45, 7) is 6.86. The highest BCUT2D eigenvalue weighted by atomic mass is 35.5. The van der Waals surface area contributed by atoms with Crippen molar-refractivity contribution in [1.29, 1.82) is 0 Å². The van der Waals surface area contributed by atoms with Gasteiger partial charge < -0.3 is 4.74 Å². The average molecular weight is 421 g/mol. The molecular weight excluding hydrogens is 396 g/mol. The van der Waals surface area contributed by atoms with Gasteiger partial charge in [0.15, 0.2) is 0 Å². The number of nitrogens with one attached hydrogen (secondary N) is 1. The summed E-state index contributed by atoms with van der Waals surface area (Å²) in [6.07, 6.45) is 1.60. The molecule has 154 valence electrons. The van der Waals surface area contributed by atoms with Gasteiger partial charge in [0.1, 0.15) is 12.4 Å². The van der Waals surface area contributed by atoms with Crippen molar-refractivity contribution in [1.82, 2.24) is 5.43 Å². The summed E-state index contributed by atoms with van der Waals surface area (Å²) in [4.78, 5) is 12.2. The molecule has 0 saturated carbocycles. The number of nitrogens with zero attached hydrogens (tertiary/aromatic N) is 1. The van der Waals surface area contributed by atoms with E-state index in [2.05, 4.69) is 31.3 Å². The van der Waals surface area contributed by atoms with Crippen molar-refractivity contribution in [2.75, 3.05) is 0 Å². The van der Waals surface area contributed by atoms with Crippen LogP contribution in [0, 0.1) is 0 Å². The molecule has 1 amide bonds. The van der Waals surface area contributed by atoms with E-state index in [0.29, 0.717) is 17.2 Å². The lowest BCUT2D eigenvalue weighted by Gasteiger charge is -2.18. The first kappa shape index (κ1) is 21.6. The number of ether oxygens (including phenoxy) is 1. The minimum absolute atomic E-state index is 0.0528. The van der Waals surface area contributed by atoms with E-state index in [-0.39, 0.29) is 11.3 Å². The number of hydrogen-bond donors (Lipinski definition) is 1. The van der Waals surface area contributed by atoms with E-state index in [1.807, 2.05) is 72.8 Å². The quantitative estimate of drug-likeness (QED) is 0.394. The number of carbonyl (C=O) groups excluding carboxylic acids is 1. The molecule has 0 fully saturated rings. The predicted molar refractivity (Wildman–Crippen MR) is 122 cm³/mol. The first-order chi connectivity index (χ1) is 14.3. The predicted octanol–water partition coefficient (Wildman–Crippen LogP) is 5.98. The second-order valence-electron chi connectivity index (χ2n) is 8.01. The van der Waals surface area contributed by atoms with Crippen LogP contribution >= 0.6 is 11.6 Å². The lowest BCUT2D eigenvalue weighted by atomic mass is 9.87. The van der Waals surface area contributed by atoms with Crippen molar-refractivity contribution < 1.29 is 9.53 Å². The summed E-state index contributed by atoms with van der Waals surface area (Å²) in [5.41, 5.74) is 6.23. The molecule has 4 nitrogen and oxygen atoms in total. The Labute approximate surface area is 182 Å². The molecule has 0 atom stereocenters. The average Bonchev–Trinajstić information content (AvgIpc) is 2.72. The fourth-order valence-electron chi connectivity index (χ4n) is 2.80. The van der Waals surface area contributed by atoms with Crippen LogP contribution in [-0.2, 0) is 12.0 Å². The van der Waals surface area contributed by atoms with E-state index >= 15 is 0 Å². The molecule has 3 aromatic carbocycles. The minimum atomic E-state index is -0.242. The summed E-state index contributed by atoms with van der Waals surface area (Å²) in [5, 5.41) is 4.73. The molecule has 0 aliphatic heterocycles. The van der Waals surface area contributed by atoms with Crippen LogP contribution in [0.15, 0.2) is 77.9 Å². The Kier molecular flexibility index (Phi) is 6.91. The van der Waals surface area contributed by atoms with Crippen molar-refractivity contribution in [3.63, 3.8) is 0 Å². The van der Waals surface area contributed by atoms with Crippen molar-refractivity contribution in [3.05, 3.63) is 100 Å². The maximum absolute atomic E-state index is 12.2. The second kappa shape index (κ2) is 9.59. The van der Waals surface area contributed by atoms with Crippen LogP contribution in [0.3, 0.4) is 0 Å². The van der Waals surface area contributed by atoms with Gasteiger partial charge in [-0.05, 0) is 70.6 Å². The Morgan fingerprint density at radius 1 is 1.03 bits per heavy atom. The summed E-state index contributed by atoms with van der Waals surface area (Å²) in [5.74, 6) is 0.503. The molecule has 1 N–H and O–H groups in total. The molecule has 3 rings (SSSR count). The number of halogens is 1. The maximum atomic E-state index is 12.2. The molecule has 0 saturated heterocycles. The van der Waals surface area contributed by atoms with E-state index in [9.17, 15) is 4.79 Å². The minimum Gasteiger partial charge on any atom is -0.489 e. The second-order valence-corrected chi connectivity index (χ2v) is 8.45. The summed E-state index contributed by atoms with van der Waals surface area (Å²) < 4.78 is 5.76. The third kappa shape index (κ3) is 6.19. The van der Waals surface area contributed by atoms with E-state index in [0.717, 1.165) is 16.9 Å². The Hall–Kier alpha value is -3.11. The largest absolute Gasteiger partial charge is 0.489 e. The molecule has 0 aliphatic rings. The van der Waals surface area contributed by atoms with Gasteiger partial charge in [-0.15, -0.1) is 0 Å². The fraction of sp³-hybridized carbons (Fsp3) is 0.200. The van der Waals surface area contributed by atoms with Crippen LogP contribution in [0.5, 0.6) is 5.75 Å². The van der Waals surface area contributed by atoms with E-state index in [4.69, 9.17) is 16.3 Å². The lowest BCUT2D eigenvalue weighted by Crippen LogP contribution is -2.18. The maximum Gasteiger partial charge on any atom is 0.271 e. The van der Waals surface area contributed by atoms with Crippen molar-refractivity contribution in [3.8, 4) is 5.75 Å². The standard InChI is InChI=1S/C25H25ClN2O2/c1-25(2,3)21-11-9-20(10-12-21)24(29)28-27-16-18-7-13-23(14-8-18)30-17-19-5-4-6-22(26)15-19/h4-16H,17H2,1-3H3,(H,28,29)/b27-16-. The molecule has 0 unspecified atom stereocenters. The van der Waals surface area contributed by atoms with Gasteiger partial charge >= 0.3 is 0 Å². The molecule has 0 aliphatic carbocycles. The normalized spacial score (nSPS) is 11.5. The topological polar surface area (TPSA) is 50.7 Å². The Morgan fingerprint density at radius 2 is 1.73 bits per heavy atom. The number of benzene rings is 3. The monoisotopic (exact) mass is 420 g/mol. The number of carbonyl (C=O) groups is 1. The Balaban J connectivity index is 1.51. The fourth-order valence-corrected chi connectivity index (χ4v) is 3.01. The van der Waals surface area contributed by atoms with Gasteiger partial charge in [-0.25, -0.2) is 5.43 Å². The first-order valence-electron chi connectivity index (χ1n) is 9.72. The number of hydrogen-bond acceptors (Lipinski definition) is 3. The van der Waals surface area contributed by atoms with Crippen LogP contribution < -0.4 is 10.2 Å². The number of rotatable bonds is 6. The summed E-state index contributed by atoms with van der Waals surface area (Å²) >= 11 is 5.98. The highest BCUT2D eigenvalue weighted by molar-refractivity contribution is 6.30. The lowest BCUT2D eigenvalue weighted by molar-refractivity contribution is 0.0955. The molecule has 0 aromatic heterocycles. The molecule has 30 heavy (non-hydrogen) atoms. The van der Waals surface area contributed by atoms with E-state index in [1.54, 1.807) is 6.21 Å². The van der Waals surface area contributed by atoms with Crippen LogP contribution in [0.1, 0.15) is 47.8 Å². The first-order valence-corrected chi connectivity index (χ1v) is 10.1. The van der Waals surface area contributed by atoms with Crippen LogP contribution in [0.25, 0.3) is 0 Å². The highest BCUT2D eigenvalue weighted by Crippen LogP contribution is 2.22. The van der Waals surface area contributed by atoms with Gasteiger partial charge in [-0.2, -0.15) is 5.10 Å². The molecule has 3 aromatic rings.